The van der Waals surface area contributed by atoms with Crippen molar-refractivity contribution in [3.63, 3.8) is 0 Å². The van der Waals surface area contributed by atoms with E-state index in [1.807, 2.05) is 30.3 Å². The third kappa shape index (κ3) is 5.63. The average molecular weight is 352 g/mol. The van der Waals surface area contributed by atoms with Gasteiger partial charge in [-0.15, -0.1) is 0 Å². The highest BCUT2D eigenvalue weighted by atomic mass is 32.2. The standard InChI is InChI=1S/C17H24N2O4S/c18-17(21)15-8-10-19(11-9-15)16(20)13-24(22,23)12-4-7-14-5-2-1-3-6-14/h1-3,5-6,15H,4,7-13H2,(H2,18,21). The molecule has 132 valence electrons. The lowest BCUT2D eigenvalue weighted by atomic mass is 9.96. The maximum absolute atomic E-state index is 12.2. The van der Waals surface area contributed by atoms with Gasteiger partial charge in [0.25, 0.3) is 0 Å². The minimum absolute atomic E-state index is 0.00534. The van der Waals surface area contributed by atoms with Gasteiger partial charge in [-0.2, -0.15) is 0 Å². The Kier molecular flexibility index (Phi) is 6.36. The zero-order valence-corrected chi connectivity index (χ0v) is 14.5. The topological polar surface area (TPSA) is 97.5 Å². The Morgan fingerprint density at radius 2 is 1.75 bits per heavy atom. The van der Waals surface area contributed by atoms with Gasteiger partial charge in [-0.25, -0.2) is 8.42 Å². The number of rotatable bonds is 7. The normalized spacial score (nSPS) is 16.1. The quantitative estimate of drug-likeness (QED) is 0.783. The number of primary amides is 1. The van der Waals surface area contributed by atoms with E-state index in [-0.39, 0.29) is 23.5 Å². The van der Waals surface area contributed by atoms with E-state index in [0.29, 0.717) is 38.8 Å². The molecule has 2 rings (SSSR count). The molecule has 1 aromatic rings. The summed E-state index contributed by atoms with van der Waals surface area (Å²) in [6.07, 6.45) is 2.20. The lowest BCUT2D eigenvalue weighted by Crippen LogP contribution is -2.44. The summed E-state index contributed by atoms with van der Waals surface area (Å²) < 4.78 is 24.2. The molecule has 2 amide bonds. The van der Waals surface area contributed by atoms with Gasteiger partial charge in [-0.05, 0) is 31.2 Å². The molecule has 0 aliphatic carbocycles. The van der Waals surface area contributed by atoms with Crippen molar-refractivity contribution < 1.29 is 18.0 Å². The molecule has 1 aliphatic rings. The molecule has 1 fully saturated rings. The fourth-order valence-electron chi connectivity index (χ4n) is 2.91. The van der Waals surface area contributed by atoms with Gasteiger partial charge in [0, 0.05) is 19.0 Å². The number of nitrogens with zero attached hydrogens (tertiary/aromatic N) is 1. The maximum Gasteiger partial charge on any atom is 0.237 e. The van der Waals surface area contributed by atoms with Crippen molar-refractivity contribution in [1.82, 2.24) is 4.90 Å². The van der Waals surface area contributed by atoms with E-state index in [0.717, 1.165) is 5.56 Å². The summed E-state index contributed by atoms with van der Waals surface area (Å²) in [7, 11) is -3.41. The molecule has 7 heteroatoms. The Morgan fingerprint density at radius 3 is 2.33 bits per heavy atom. The van der Waals surface area contributed by atoms with Crippen LogP contribution in [-0.2, 0) is 25.8 Å². The first-order valence-corrected chi connectivity index (χ1v) is 10.0. The molecular formula is C17H24N2O4S. The van der Waals surface area contributed by atoms with E-state index in [2.05, 4.69) is 0 Å². The first kappa shape index (κ1) is 18.4. The molecule has 0 bridgehead atoms. The molecule has 24 heavy (non-hydrogen) atoms. The highest BCUT2D eigenvalue weighted by Gasteiger charge is 2.28. The predicted molar refractivity (Wildman–Crippen MR) is 91.9 cm³/mol. The second-order valence-corrected chi connectivity index (χ2v) is 8.42. The van der Waals surface area contributed by atoms with Crippen LogP contribution in [0.25, 0.3) is 0 Å². The average Bonchev–Trinajstić information content (AvgIpc) is 2.55. The van der Waals surface area contributed by atoms with Gasteiger partial charge >= 0.3 is 0 Å². The van der Waals surface area contributed by atoms with Gasteiger partial charge in [-0.1, -0.05) is 30.3 Å². The number of likely N-dealkylation sites (tertiary alicyclic amines) is 1. The third-order valence-corrected chi connectivity index (χ3v) is 5.95. The second kappa shape index (κ2) is 8.28. The van der Waals surface area contributed by atoms with Crippen LogP contribution in [0.15, 0.2) is 30.3 Å². The number of amides is 2. The van der Waals surface area contributed by atoms with Crippen molar-refractivity contribution in [3.8, 4) is 0 Å². The van der Waals surface area contributed by atoms with Crippen LogP contribution in [0.4, 0.5) is 0 Å². The summed E-state index contributed by atoms with van der Waals surface area (Å²) in [6, 6.07) is 9.67. The van der Waals surface area contributed by atoms with E-state index in [1.54, 1.807) is 0 Å². The summed E-state index contributed by atoms with van der Waals surface area (Å²) in [4.78, 5) is 24.8. The van der Waals surface area contributed by atoms with E-state index < -0.39 is 15.6 Å². The van der Waals surface area contributed by atoms with Crippen LogP contribution in [0.3, 0.4) is 0 Å². The molecule has 0 saturated carbocycles. The van der Waals surface area contributed by atoms with Crippen LogP contribution in [-0.4, -0.2) is 49.7 Å². The summed E-state index contributed by atoms with van der Waals surface area (Å²) in [6.45, 7) is 0.790. The van der Waals surface area contributed by atoms with Crippen LogP contribution in [0.1, 0.15) is 24.8 Å². The minimum Gasteiger partial charge on any atom is -0.369 e. The monoisotopic (exact) mass is 352 g/mol. The molecule has 1 saturated heterocycles. The van der Waals surface area contributed by atoms with E-state index in [1.165, 1.54) is 4.90 Å². The first-order valence-electron chi connectivity index (χ1n) is 8.19. The molecule has 1 aromatic carbocycles. The van der Waals surface area contributed by atoms with Crippen molar-refractivity contribution in [3.05, 3.63) is 35.9 Å². The van der Waals surface area contributed by atoms with Crippen LogP contribution in [0, 0.1) is 5.92 Å². The van der Waals surface area contributed by atoms with Crippen LogP contribution in [0.5, 0.6) is 0 Å². The third-order valence-electron chi connectivity index (χ3n) is 4.36. The number of carbonyl (C=O) groups is 2. The molecule has 0 unspecified atom stereocenters. The van der Waals surface area contributed by atoms with Crippen LogP contribution in [0.2, 0.25) is 0 Å². The van der Waals surface area contributed by atoms with E-state index in [9.17, 15) is 18.0 Å². The fourth-order valence-corrected chi connectivity index (χ4v) is 4.19. The first-order chi connectivity index (χ1) is 11.4. The number of aryl methyl sites for hydroxylation is 1. The molecule has 2 N–H and O–H groups in total. The lowest BCUT2D eigenvalue weighted by Gasteiger charge is -2.30. The van der Waals surface area contributed by atoms with Crippen molar-refractivity contribution in [2.75, 3.05) is 24.6 Å². The Morgan fingerprint density at radius 1 is 1.12 bits per heavy atom. The van der Waals surface area contributed by atoms with Crippen LogP contribution < -0.4 is 5.73 Å². The van der Waals surface area contributed by atoms with Crippen LogP contribution >= 0.6 is 0 Å². The van der Waals surface area contributed by atoms with E-state index >= 15 is 0 Å². The van der Waals surface area contributed by atoms with Gasteiger partial charge in [0.15, 0.2) is 9.84 Å². The maximum atomic E-state index is 12.2. The largest absolute Gasteiger partial charge is 0.369 e. The van der Waals surface area contributed by atoms with Crippen molar-refractivity contribution in [2.24, 2.45) is 11.7 Å². The van der Waals surface area contributed by atoms with Crippen molar-refractivity contribution in [2.45, 2.75) is 25.7 Å². The summed E-state index contributed by atoms with van der Waals surface area (Å²) >= 11 is 0. The summed E-state index contributed by atoms with van der Waals surface area (Å²) in [5.74, 6) is -1.39. The Hall–Kier alpha value is -1.89. The number of piperidine rings is 1. The van der Waals surface area contributed by atoms with Gasteiger partial charge < -0.3 is 10.6 Å². The number of hydrogen-bond acceptors (Lipinski definition) is 4. The Balaban J connectivity index is 1.77. The van der Waals surface area contributed by atoms with Gasteiger partial charge in [0.05, 0.1) is 5.75 Å². The summed E-state index contributed by atoms with van der Waals surface area (Å²) in [5.41, 5.74) is 6.35. The number of hydrogen-bond donors (Lipinski definition) is 1. The predicted octanol–water partition coefficient (Wildman–Crippen LogP) is 0.758. The minimum atomic E-state index is -3.41. The van der Waals surface area contributed by atoms with Crippen molar-refractivity contribution >= 4 is 21.7 Å². The van der Waals surface area contributed by atoms with E-state index in [4.69, 9.17) is 5.73 Å². The summed E-state index contributed by atoms with van der Waals surface area (Å²) in [5, 5.41) is 0. The number of carbonyl (C=O) groups excluding carboxylic acids is 2. The lowest BCUT2D eigenvalue weighted by molar-refractivity contribution is -0.132. The Bertz CT molecular complexity index is 665. The molecule has 1 heterocycles. The van der Waals surface area contributed by atoms with Gasteiger partial charge in [0.2, 0.25) is 11.8 Å². The smallest absolute Gasteiger partial charge is 0.237 e. The molecule has 0 spiro atoms. The number of benzene rings is 1. The zero-order chi connectivity index (χ0) is 17.6. The molecule has 0 radical (unpaired) electrons. The van der Waals surface area contributed by atoms with Gasteiger partial charge in [-0.3, -0.25) is 9.59 Å². The highest BCUT2D eigenvalue weighted by molar-refractivity contribution is 7.92. The molecular weight excluding hydrogens is 328 g/mol. The van der Waals surface area contributed by atoms with Gasteiger partial charge in [0.1, 0.15) is 5.75 Å². The fraction of sp³-hybridized carbons (Fsp3) is 0.529. The zero-order valence-electron chi connectivity index (χ0n) is 13.7. The van der Waals surface area contributed by atoms with Crippen molar-refractivity contribution in [1.29, 1.82) is 0 Å². The molecule has 1 aliphatic heterocycles. The molecule has 0 aromatic heterocycles. The molecule has 0 atom stereocenters. The number of nitrogens with two attached hydrogens (primary N) is 1. The Labute approximate surface area is 142 Å². The highest BCUT2D eigenvalue weighted by Crippen LogP contribution is 2.17. The number of sulfone groups is 1. The SMILES string of the molecule is NC(=O)C1CCN(C(=O)CS(=O)(=O)CCCc2ccccc2)CC1. The second-order valence-electron chi connectivity index (χ2n) is 6.24. The molecule has 6 nitrogen and oxygen atoms in total.